The van der Waals surface area contributed by atoms with Gasteiger partial charge in [-0.15, -0.1) is 24.8 Å². The fourth-order valence-corrected chi connectivity index (χ4v) is 32.5. The fourth-order valence-electron chi connectivity index (χ4n) is 6.65. The maximum absolute atomic E-state index is 2.69. The van der Waals surface area contributed by atoms with Gasteiger partial charge in [-0.1, -0.05) is 0 Å². The van der Waals surface area contributed by atoms with E-state index in [2.05, 4.69) is 127 Å². The van der Waals surface area contributed by atoms with Crippen molar-refractivity contribution in [3.05, 3.63) is 111 Å². The van der Waals surface area contributed by atoms with Crippen LogP contribution in [0.15, 0.2) is 77.9 Å². The van der Waals surface area contributed by atoms with Gasteiger partial charge in [-0.05, 0) is 0 Å². The van der Waals surface area contributed by atoms with Gasteiger partial charge in [0.15, 0.2) is 0 Å². The number of allylic oxidation sites excluding steroid dienone is 2. The van der Waals surface area contributed by atoms with Crippen LogP contribution in [0, 0.1) is 0 Å². The molecule has 3 atom stereocenters. The number of fused-ring (bicyclic) bond motifs is 2. The molecular weight excluding hydrogens is 587 g/mol. The summed E-state index contributed by atoms with van der Waals surface area (Å²) in [5.74, 6) is -0.0196. The van der Waals surface area contributed by atoms with Gasteiger partial charge in [-0.2, -0.15) is 0 Å². The minimum absolute atomic E-state index is 0. The maximum atomic E-state index is 2.69. The van der Waals surface area contributed by atoms with E-state index in [1.807, 2.05) is 0 Å². The third-order valence-electron chi connectivity index (χ3n) is 8.33. The molecular formula is C33H41Cl2SiZr. The van der Waals surface area contributed by atoms with Crippen LogP contribution in [-0.4, -0.2) is 5.92 Å². The van der Waals surface area contributed by atoms with Crippen molar-refractivity contribution in [3.63, 3.8) is 0 Å². The minimum atomic E-state index is -2.16. The van der Waals surface area contributed by atoms with Crippen LogP contribution in [0.3, 0.4) is 0 Å². The third kappa shape index (κ3) is 5.47. The first-order chi connectivity index (χ1) is 16.8. The molecule has 0 aromatic heterocycles. The van der Waals surface area contributed by atoms with Gasteiger partial charge in [0.25, 0.3) is 0 Å². The second-order valence-electron chi connectivity index (χ2n) is 11.3. The normalized spacial score (nSPS) is 18.4. The van der Waals surface area contributed by atoms with Gasteiger partial charge in [0.1, 0.15) is 0 Å². The standard InChI is InChI=1S/2C13H15.C7H9Si.2ClH.Zr/c2*1-9(2)12-6-4-5-11-7-10(3)8-13(11)12;1-8-7-5-3-2-4-6-7;;;/h2*4-9H,1-3H3;2-6,8H,1H3;2*1H;. The van der Waals surface area contributed by atoms with Crippen LogP contribution in [0.1, 0.15) is 94.0 Å². The summed E-state index contributed by atoms with van der Waals surface area (Å²) in [6.07, 6.45) is 5.14. The monoisotopic (exact) mass is 625 g/mol. The summed E-state index contributed by atoms with van der Waals surface area (Å²) in [7, 11) is 0. The molecule has 4 heteroatoms. The SMILES string of the molecule is CC1=Cc2c(C(C)C)cccc2[CH]1[Zr]([CH]1C(C)=Cc2c(C(C)C)cccc21)[SiH](C)c1ccccc1.Cl.Cl. The van der Waals surface area contributed by atoms with E-state index < -0.39 is 26.8 Å². The Morgan fingerprint density at radius 3 is 1.46 bits per heavy atom. The summed E-state index contributed by atoms with van der Waals surface area (Å²) in [6.45, 7) is 17.0. The van der Waals surface area contributed by atoms with Crippen LogP contribution in [0.5, 0.6) is 0 Å². The molecule has 0 bridgehead atoms. The van der Waals surface area contributed by atoms with E-state index in [9.17, 15) is 0 Å². The number of rotatable bonds is 6. The molecule has 37 heavy (non-hydrogen) atoms. The largest absolute Gasteiger partial charge is 0.147 e. The first kappa shape index (κ1) is 30.4. The van der Waals surface area contributed by atoms with Crippen molar-refractivity contribution in [1.82, 2.24) is 0 Å². The van der Waals surface area contributed by atoms with Crippen molar-refractivity contribution in [2.75, 3.05) is 0 Å². The number of hydrogen-bond donors (Lipinski definition) is 0. The smallest absolute Gasteiger partial charge is 0.147 e. The van der Waals surface area contributed by atoms with Crippen LogP contribution in [0.4, 0.5) is 0 Å². The second kappa shape index (κ2) is 12.3. The molecule has 0 amide bonds. The van der Waals surface area contributed by atoms with Gasteiger partial charge in [-0.3, -0.25) is 0 Å². The van der Waals surface area contributed by atoms with Crippen LogP contribution < -0.4 is 5.19 Å². The Kier molecular flexibility index (Phi) is 10.1. The molecule has 2 aliphatic carbocycles. The van der Waals surface area contributed by atoms with Crippen molar-refractivity contribution in [3.8, 4) is 0 Å². The van der Waals surface area contributed by atoms with E-state index >= 15 is 0 Å². The van der Waals surface area contributed by atoms with Crippen LogP contribution in [0.25, 0.3) is 12.2 Å². The Morgan fingerprint density at radius 1 is 0.622 bits per heavy atom. The average Bonchev–Trinajstić information content (AvgIpc) is 3.35. The summed E-state index contributed by atoms with van der Waals surface area (Å²) in [5, 5.41) is 1.67. The summed E-state index contributed by atoms with van der Waals surface area (Å²) >= 11 is -2.16. The number of benzene rings is 3. The fraction of sp³-hybridized carbons (Fsp3) is 0.333. The molecule has 0 heterocycles. The van der Waals surface area contributed by atoms with E-state index in [0.29, 0.717) is 19.1 Å². The maximum Gasteiger partial charge on any atom is -0.147 e. The molecule has 0 fully saturated rings. The quantitative estimate of drug-likeness (QED) is 0.239. The predicted molar refractivity (Wildman–Crippen MR) is 167 cm³/mol. The molecule has 0 aliphatic heterocycles. The van der Waals surface area contributed by atoms with Crippen molar-refractivity contribution in [2.45, 2.75) is 67.2 Å². The second-order valence-corrected chi connectivity index (χ2v) is 29.0. The van der Waals surface area contributed by atoms with Gasteiger partial charge in [0, 0.05) is 0 Å². The molecule has 0 radical (unpaired) electrons. The molecule has 2 aliphatic rings. The Labute approximate surface area is 245 Å². The molecule has 0 saturated heterocycles. The van der Waals surface area contributed by atoms with Crippen LogP contribution >= 0.6 is 24.8 Å². The number of halogens is 2. The van der Waals surface area contributed by atoms with Gasteiger partial charge >= 0.3 is 223 Å². The van der Waals surface area contributed by atoms with Gasteiger partial charge in [0.2, 0.25) is 0 Å². The van der Waals surface area contributed by atoms with Gasteiger partial charge in [0.05, 0.1) is 0 Å². The summed E-state index contributed by atoms with van der Waals surface area (Å²) in [4.78, 5) is 0. The third-order valence-corrected chi connectivity index (χ3v) is 31.5. The van der Waals surface area contributed by atoms with E-state index in [1.54, 1.807) is 38.6 Å². The van der Waals surface area contributed by atoms with Crippen molar-refractivity contribution in [1.29, 1.82) is 0 Å². The van der Waals surface area contributed by atoms with E-state index in [4.69, 9.17) is 0 Å². The van der Waals surface area contributed by atoms with E-state index in [-0.39, 0.29) is 24.8 Å². The van der Waals surface area contributed by atoms with Crippen LogP contribution in [-0.2, 0) is 20.9 Å². The van der Waals surface area contributed by atoms with Crippen LogP contribution in [0.2, 0.25) is 6.55 Å². The first-order valence-corrected chi connectivity index (χ1v) is 22.7. The summed E-state index contributed by atoms with van der Waals surface area (Å²) in [6, 6.07) is 26.0. The topological polar surface area (TPSA) is 0 Å². The van der Waals surface area contributed by atoms with E-state index in [0.717, 1.165) is 0 Å². The zero-order valence-corrected chi connectivity index (χ0v) is 28.5. The molecule has 3 aromatic carbocycles. The van der Waals surface area contributed by atoms with E-state index in [1.165, 1.54) is 11.1 Å². The summed E-state index contributed by atoms with van der Waals surface area (Å²) < 4.78 is 1.35. The minimum Gasteiger partial charge on any atom is -0.147 e. The average molecular weight is 628 g/mol. The molecule has 0 spiro atoms. The molecule has 3 aromatic rings. The molecule has 3 unspecified atom stereocenters. The van der Waals surface area contributed by atoms with Gasteiger partial charge in [-0.25, -0.2) is 0 Å². The Morgan fingerprint density at radius 2 is 1.05 bits per heavy atom. The van der Waals surface area contributed by atoms with Gasteiger partial charge < -0.3 is 0 Å². The number of hydrogen-bond acceptors (Lipinski definition) is 0. The Balaban J connectivity index is 0.00000190. The van der Waals surface area contributed by atoms with Crippen molar-refractivity contribution in [2.24, 2.45) is 0 Å². The molecule has 195 valence electrons. The van der Waals surface area contributed by atoms with Crippen molar-refractivity contribution >= 4 is 48.1 Å². The molecule has 5 rings (SSSR count). The molecule has 0 N–H and O–H groups in total. The molecule has 0 saturated carbocycles. The predicted octanol–water partition coefficient (Wildman–Crippen LogP) is 9.27. The molecule has 0 nitrogen and oxygen atoms in total. The first-order valence-electron chi connectivity index (χ1n) is 13.3. The zero-order valence-electron chi connectivity index (χ0n) is 23.2. The van der Waals surface area contributed by atoms with Crippen molar-refractivity contribution < 1.29 is 20.9 Å². The Bertz CT molecular complexity index is 1230. The Hall–Kier alpha value is -1.18. The zero-order chi connectivity index (χ0) is 24.9. The summed E-state index contributed by atoms with van der Waals surface area (Å²) in [5.41, 5.74) is 12.7.